The van der Waals surface area contributed by atoms with Gasteiger partial charge in [0.2, 0.25) is 0 Å². The van der Waals surface area contributed by atoms with Crippen LogP contribution in [0.3, 0.4) is 0 Å². The number of nitrogens with one attached hydrogen (secondary N) is 1. The van der Waals surface area contributed by atoms with Gasteiger partial charge in [-0.15, -0.1) is 11.3 Å². The number of fused-ring (bicyclic) bond motifs is 1. The highest BCUT2D eigenvalue weighted by Gasteiger charge is 2.23. The predicted molar refractivity (Wildman–Crippen MR) is 87.6 cm³/mol. The maximum atomic E-state index is 12.4. The van der Waals surface area contributed by atoms with Gasteiger partial charge < -0.3 is 11.1 Å². The van der Waals surface area contributed by atoms with E-state index in [1.54, 1.807) is 6.20 Å². The maximum absolute atomic E-state index is 12.4. The molecule has 0 aliphatic heterocycles. The second-order valence-corrected chi connectivity index (χ2v) is 7.15. The van der Waals surface area contributed by atoms with Crippen LogP contribution >= 0.6 is 11.3 Å². The lowest BCUT2D eigenvalue weighted by molar-refractivity contribution is 0.0952. The van der Waals surface area contributed by atoms with Crippen LogP contribution in [0, 0.1) is 18.8 Å². The highest BCUT2D eigenvalue weighted by Crippen LogP contribution is 2.34. The topological polar surface area (TPSA) is 68.0 Å². The van der Waals surface area contributed by atoms with Crippen molar-refractivity contribution in [2.75, 3.05) is 12.3 Å². The third-order valence-electron chi connectivity index (χ3n) is 4.40. The van der Waals surface area contributed by atoms with Crippen molar-refractivity contribution in [2.45, 2.75) is 33.1 Å². The number of amides is 1. The molecule has 3 N–H and O–H groups in total. The van der Waals surface area contributed by atoms with Gasteiger partial charge in [-0.25, -0.2) is 4.98 Å². The molecule has 2 aromatic rings. The molecular weight excluding hydrogens is 282 g/mol. The van der Waals surface area contributed by atoms with E-state index < -0.39 is 0 Å². The smallest absolute Gasteiger partial charge is 0.263 e. The number of anilines is 1. The number of nitrogen functional groups attached to an aromatic ring is 1. The molecule has 0 bridgehead atoms. The van der Waals surface area contributed by atoms with Crippen LogP contribution in [-0.4, -0.2) is 17.4 Å². The van der Waals surface area contributed by atoms with Crippen LogP contribution in [0.15, 0.2) is 12.3 Å². The van der Waals surface area contributed by atoms with Gasteiger partial charge in [0.25, 0.3) is 5.91 Å². The molecule has 2 unspecified atom stereocenters. The van der Waals surface area contributed by atoms with Gasteiger partial charge in [0.1, 0.15) is 9.71 Å². The number of carbonyl (C=O) groups is 1. The third kappa shape index (κ3) is 2.75. The van der Waals surface area contributed by atoms with Crippen LogP contribution in [0.5, 0.6) is 0 Å². The molecule has 1 fully saturated rings. The zero-order valence-electron chi connectivity index (χ0n) is 12.5. The Bertz CT molecular complexity index is 679. The van der Waals surface area contributed by atoms with Crippen molar-refractivity contribution in [2.24, 2.45) is 11.8 Å². The molecule has 1 amide bonds. The average molecular weight is 303 g/mol. The van der Waals surface area contributed by atoms with Crippen molar-refractivity contribution in [3.63, 3.8) is 0 Å². The summed E-state index contributed by atoms with van der Waals surface area (Å²) < 4.78 is 0. The maximum Gasteiger partial charge on any atom is 0.263 e. The fourth-order valence-corrected chi connectivity index (χ4v) is 4.26. The summed E-state index contributed by atoms with van der Waals surface area (Å²) in [5.41, 5.74) is 7.79. The van der Waals surface area contributed by atoms with Crippen molar-refractivity contribution in [3.05, 3.63) is 22.7 Å². The molecule has 1 aliphatic rings. The largest absolute Gasteiger partial charge is 0.397 e. The minimum atomic E-state index is -0.0607. The van der Waals surface area contributed by atoms with Crippen LogP contribution in [0.1, 0.15) is 41.4 Å². The van der Waals surface area contributed by atoms with Gasteiger partial charge in [-0.3, -0.25) is 4.79 Å². The monoisotopic (exact) mass is 303 g/mol. The molecule has 5 heteroatoms. The van der Waals surface area contributed by atoms with Crippen LogP contribution in [-0.2, 0) is 0 Å². The van der Waals surface area contributed by atoms with E-state index in [1.807, 2.05) is 13.0 Å². The Kier molecular flexibility index (Phi) is 3.85. The molecule has 0 spiro atoms. The van der Waals surface area contributed by atoms with Crippen LogP contribution in [0.25, 0.3) is 10.2 Å². The van der Waals surface area contributed by atoms with Gasteiger partial charge in [-0.2, -0.15) is 0 Å². The molecule has 0 radical (unpaired) electrons. The van der Waals surface area contributed by atoms with Crippen molar-refractivity contribution in [3.8, 4) is 0 Å². The van der Waals surface area contributed by atoms with Crippen LogP contribution < -0.4 is 11.1 Å². The molecule has 2 atom stereocenters. The number of hydrogen-bond acceptors (Lipinski definition) is 4. The Morgan fingerprint density at radius 3 is 3.00 bits per heavy atom. The van der Waals surface area contributed by atoms with Gasteiger partial charge in [0.15, 0.2) is 0 Å². The van der Waals surface area contributed by atoms with Crippen molar-refractivity contribution in [1.29, 1.82) is 0 Å². The quantitative estimate of drug-likeness (QED) is 0.913. The Hall–Kier alpha value is -1.62. The summed E-state index contributed by atoms with van der Waals surface area (Å²) in [4.78, 5) is 18.1. The normalized spacial score (nSPS) is 21.8. The number of aryl methyl sites for hydroxylation is 1. The third-order valence-corrected chi connectivity index (χ3v) is 5.51. The number of hydrogen-bond donors (Lipinski definition) is 2. The number of nitrogens with two attached hydrogens (primary N) is 1. The van der Waals surface area contributed by atoms with Gasteiger partial charge in [0, 0.05) is 18.1 Å². The van der Waals surface area contributed by atoms with E-state index in [9.17, 15) is 4.79 Å². The standard InChI is InChI=1S/C16H21N3OS/c1-9-3-4-11(7-9)8-19-15(20)14-13(17)12-10(2)5-6-18-16(12)21-14/h5-6,9,11H,3-4,7-8,17H2,1-2H3,(H,19,20). The second-order valence-electron chi connectivity index (χ2n) is 6.15. The SMILES string of the molecule is Cc1ccnc2sc(C(=O)NCC3CCC(C)C3)c(N)c12. The molecule has 4 nitrogen and oxygen atoms in total. The molecule has 3 rings (SSSR count). The second kappa shape index (κ2) is 5.64. The molecule has 0 saturated heterocycles. The Morgan fingerprint density at radius 1 is 1.52 bits per heavy atom. The van der Waals surface area contributed by atoms with E-state index in [0.29, 0.717) is 16.5 Å². The van der Waals surface area contributed by atoms with E-state index in [-0.39, 0.29) is 5.91 Å². The number of pyridine rings is 1. The number of aromatic nitrogens is 1. The summed E-state index contributed by atoms with van der Waals surface area (Å²) >= 11 is 1.38. The highest BCUT2D eigenvalue weighted by molar-refractivity contribution is 7.21. The van der Waals surface area contributed by atoms with E-state index in [0.717, 1.165) is 28.2 Å². The number of nitrogens with zero attached hydrogens (tertiary/aromatic N) is 1. The van der Waals surface area contributed by atoms with E-state index in [2.05, 4.69) is 17.2 Å². The van der Waals surface area contributed by atoms with Crippen LogP contribution in [0.2, 0.25) is 0 Å². The minimum Gasteiger partial charge on any atom is -0.397 e. The first-order chi connectivity index (χ1) is 10.1. The lowest BCUT2D eigenvalue weighted by atomic mass is 10.1. The summed E-state index contributed by atoms with van der Waals surface area (Å²) in [7, 11) is 0. The average Bonchev–Trinajstić information content (AvgIpc) is 3.01. The number of rotatable bonds is 3. The molecule has 1 aliphatic carbocycles. The number of thiophene rings is 1. The molecule has 21 heavy (non-hydrogen) atoms. The van der Waals surface area contributed by atoms with Crippen molar-refractivity contribution in [1.82, 2.24) is 10.3 Å². The molecule has 1 saturated carbocycles. The van der Waals surface area contributed by atoms with Crippen molar-refractivity contribution < 1.29 is 4.79 Å². The van der Waals surface area contributed by atoms with Gasteiger partial charge in [0.05, 0.1) is 5.69 Å². The van der Waals surface area contributed by atoms with E-state index in [4.69, 9.17) is 5.73 Å². The summed E-state index contributed by atoms with van der Waals surface area (Å²) in [5.74, 6) is 1.34. The Morgan fingerprint density at radius 2 is 2.33 bits per heavy atom. The van der Waals surface area contributed by atoms with Crippen LogP contribution in [0.4, 0.5) is 5.69 Å². The van der Waals surface area contributed by atoms with Gasteiger partial charge >= 0.3 is 0 Å². The molecule has 112 valence electrons. The Labute approximate surface area is 128 Å². The fourth-order valence-electron chi connectivity index (χ4n) is 3.20. The highest BCUT2D eigenvalue weighted by atomic mass is 32.1. The van der Waals surface area contributed by atoms with E-state index >= 15 is 0 Å². The minimum absolute atomic E-state index is 0.0607. The van der Waals surface area contributed by atoms with E-state index in [1.165, 1.54) is 30.6 Å². The zero-order valence-corrected chi connectivity index (χ0v) is 13.3. The number of carbonyl (C=O) groups excluding carboxylic acids is 1. The molecular formula is C16H21N3OS. The summed E-state index contributed by atoms with van der Waals surface area (Å²) in [6.45, 7) is 5.03. The zero-order chi connectivity index (χ0) is 15.0. The van der Waals surface area contributed by atoms with Gasteiger partial charge in [-0.1, -0.05) is 13.3 Å². The lowest BCUT2D eigenvalue weighted by Crippen LogP contribution is -2.28. The lowest BCUT2D eigenvalue weighted by Gasteiger charge is -2.10. The first-order valence-corrected chi connectivity index (χ1v) is 8.29. The summed E-state index contributed by atoms with van der Waals surface area (Å²) in [6, 6.07) is 1.92. The summed E-state index contributed by atoms with van der Waals surface area (Å²) in [6.07, 6.45) is 5.46. The van der Waals surface area contributed by atoms with Crippen molar-refractivity contribution >= 4 is 33.1 Å². The first-order valence-electron chi connectivity index (χ1n) is 7.48. The molecule has 2 heterocycles. The predicted octanol–water partition coefficient (Wildman–Crippen LogP) is 3.35. The first kappa shape index (κ1) is 14.3. The molecule has 2 aromatic heterocycles. The fraction of sp³-hybridized carbons (Fsp3) is 0.500. The Balaban J connectivity index is 1.76. The summed E-state index contributed by atoms with van der Waals surface area (Å²) in [5, 5.41) is 3.97. The van der Waals surface area contributed by atoms with Gasteiger partial charge in [-0.05, 0) is 43.2 Å². The molecule has 0 aromatic carbocycles.